The molecule has 5 heteroatoms. The van der Waals surface area contributed by atoms with Gasteiger partial charge in [0.05, 0.1) is 12.0 Å². The Kier molecular flexibility index (Phi) is 5.80. The molecule has 1 unspecified atom stereocenters. The summed E-state index contributed by atoms with van der Waals surface area (Å²) in [6.07, 6.45) is 6.49. The summed E-state index contributed by atoms with van der Waals surface area (Å²) in [7, 11) is 1.64. The van der Waals surface area contributed by atoms with Crippen molar-refractivity contribution in [3.63, 3.8) is 0 Å². The molecule has 0 aromatic heterocycles. The first-order valence-electron chi connectivity index (χ1n) is 7.15. The number of amides is 1. The van der Waals surface area contributed by atoms with Gasteiger partial charge in [-0.05, 0) is 25.5 Å². The first kappa shape index (κ1) is 16.8. The van der Waals surface area contributed by atoms with Gasteiger partial charge in [-0.25, -0.2) is 0 Å². The molecule has 1 amide bonds. The van der Waals surface area contributed by atoms with Crippen molar-refractivity contribution in [1.29, 1.82) is 0 Å². The molecule has 1 aromatic carbocycles. The number of carbonyl (C=O) groups is 1. The van der Waals surface area contributed by atoms with Crippen LogP contribution in [0.2, 0.25) is 0 Å². The van der Waals surface area contributed by atoms with Gasteiger partial charge in [0.1, 0.15) is 10.1 Å². The van der Waals surface area contributed by atoms with Gasteiger partial charge in [0.15, 0.2) is 0 Å². The number of thiocarbonyl (C=S) groups is 1. The van der Waals surface area contributed by atoms with Crippen LogP contribution in [0.15, 0.2) is 41.3 Å². The minimum Gasteiger partial charge on any atom is -0.496 e. The minimum atomic E-state index is -0.00553. The van der Waals surface area contributed by atoms with Crippen LogP contribution in [0.3, 0.4) is 0 Å². The zero-order chi connectivity index (χ0) is 16.1. The maximum absolute atomic E-state index is 12.4. The van der Waals surface area contributed by atoms with Crippen molar-refractivity contribution in [2.24, 2.45) is 0 Å². The molecule has 2 rings (SSSR count). The average molecular weight is 333 g/mol. The van der Waals surface area contributed by atoms with Crippen LogP contribution in [0.4, 0.5) is 0 Å². The van der Waals surface area contributed by atoms with Gasteiger partial charge in [0, 0.05) is 11.6 Å². The Balaban J connectivity index is 2.16. The van der Waals surface area contributed by atoms with E-state index in [1.54, 1.807) is 12.0 Å². The summed E-state index contributed by atoms with van der Waals surface area (Å²) in [5, 5.41) is 0. The van der Waals surface area contributed by atoms with E-state index in [4.69, 9.17) is 17.0 Å². The van der Waals surface area contributed by atoms with Crippen LogP contribution in [0.1, 0.15) is 25.8 Å². The molecule has 0 spiro atoms. The second kappa shape index (κ2) is 7.61. The van der Waals surface area contributed by atoms with Crippen LogP contribution in [0.5, 0.6) is 5.75 Å². The lowest BCUT2D eigenvalue weighted by Crippen LogP contribution is -2.36. The number of hydrogen-bond acceptors (Lipinski definition) is 4. The van der Waals surface area contributed by atoms with E-state index in [-0.39, 0.29) is 11.9 Å². The summed E-state index contributed by atoms with van der Waals surface area (Å²) in [6, 6.07) is 7.88. The summed E-state index contributed by atoms with van der Waals surface area (Å²) >= 11 is 6.66. The number of allylic oxidation sites excluding steroid dienone is 2. The Morgan fingerprint density at radius 1 is 1.41 bits per heavy atom. The van der Waals surface area contributed by atoms with Gasteiger partial charge in [0.25, 0.3) is 5.91 Å². The Bertz CT molecular complexity index is 637. The van der Waals surface area contributed by atoms with Crippen molar-refractivity contribution in [2.45, 2.75) is 26.3 Å². The van der Waals surface area contributed by atoms with E-state index in [1.807, 2.05) is 49.4 Å². The van der Waals surface area contributed by atoms with Crippen molar-refractivity contribution in [2.75, 3.05) is 7.11 Å². The number of nitrogens with zero attached hydrogens (tertiary/aromatic N) is 1. The number of thioether (sulfide) groups is 1. The molecule has 0 N–H and O–H groups in total. The summed E-state index contributed by atoms with van der Waals surface area (Å²) < 4.78 is 5.93. The normalized spacial score (nSPS) is 18.5. The average Bonchev–Trinajstić information content (AvgIpc) is 2.81. The van der Waals surface area contributed by atoms with Crippen LogP contribution in [0, 0.1) is 0 Å². The fourth-order valence-electron chi connectivity index (χ4n) is 2.10. The molecule has 1 aliphatic rings. The summed E-state index contributed by atoms with van der Waals surface area (Å²) in [4.78, 5) is 14.7. The number of ether oxygens (including phenoxy) is 1. The molecule has 1 atom stereocenters. The number of rotatable bonds is 5. The van der Waals surface area contributed by atoms with E-state index in [0.717, 1.165) is 17.7 Å². The van der Waals surface area contributed by atoms with Crippen molar-refractivity contribution in [3.05, 3.63) is 46.9 Å². The molecule has 1 saturated heterocycles. The first-order chi connectivity index (χ1) is 10.6. The zero-order valence-corrected chi connectivity index (χ0v) is 14.5. The van der Waals surface area contributed by atoms with Crippen LogP contribution < -0.4 is 4.74 Å². The van der Waals surface area contributed by atoms with Crippen molar-refractivity contribution in [3.8, 4) is 5.75 Å². The van der Waals surface area contributed by atoms with E-state index in [1.165, 1.54) is 11.8 Å². The highest BCUT2D eigenvalue weighted by Gasteiger charge is 2.34. The fourth-order valence-corrected chi connectivity index (χ4v) is 3.51. The third-order valence-corrected chi connectivity index (χ3v) is 4.87. The highest BCUT2D eigenvalue weighted by molar-refractivity contribution is 8.26. The summed E-state index contributed by atoms with van der Waals surface area (Å²) in [6.45, 7) is 4.06. The van der Waals surface area contributed by atoms with Gasteiger partial charge in [-0.1, -0.05) is 61.3 Å². The SMILES string of the molecule is CCC(C)N1C(=O)/C(=C/C=C/c2ccccc2OC)SC1=S. The van der Waals surface area contributed by atoms with E-state index in [0.29, 0.717) is 9.23 Å². The van der Waals surface area contributed by atoms with Gasteiger partial charge in [-0.15, -0.1) is 0 Å². The van der Waals surface area contributed by atoms with Crippen molar-refractivity contribution in [1.82, 2.24) is 4.90 Å². The molecule has 1 heterocycles. The van der Waals surface area contributed by atoms with Gasteiger partial charge >= 0.3 is 0 Å². The lowest BCUT2D eigenvalue weighted by Gasteiger charge is -2.21. The van der Waals surface area contributed by atoms with Gasteiger partial charge in [-0.2, -0.15) is 0 Å². The van der Waals surface area contributed by atoms with E-state index in [9.17, 15) is 4.79 Å². The number of para-hydroxylation sites is 1. The number of hydrogen-bond donors (Lipinski definition) is 0. The van der Waals surface area contributed by atoms with Crippen molar-refractivity contribution < 1.29 is 9.53 Å². The first-order valence-corrected chi connectivity index (χ1v) is 8.37. The molecule has 3 nitrogen and oxygen atoms in total. The zero-order valence-electron chi connectivity index (χ0n) is 12.9. The fraction of sp³-hybridized carbons (Fsp3) is 0.294. The monoisotopic (exact) mass is 333 g/mol. The molecule has 22 heavy (non-hydrogen) atoms. The van der Waals surface area contributed by atoms with Crippen LogP contribution >= 0.6 is 24.0 Å². The van der Waals surface area contributed by atoms with Crippen LogP contribution in [0.25, 0.3) is 6.08 Å². The quantitative estimate of drug-likeness (QED) is 0.595. The molecule has 1 aromatic rings. The van der Waals surface area contributed by atoms with Crippen molar-refractivity contribution >= 4 is 40.3 Å². The number of benzene rings is 1. The molecular formula is C17H19NO2S2. The predicted octanol–water partition coefficient (Wildman–Crippen LogP) is 4.25. The molecule has 0 bridgehead atoms. The Morgan fingerprint density at radius 2 is 2.14 bits per heavy atom. The van der Waals surface area contributed by atoms with Gasteiger partial charge in [0.2, 0.25) is 0 Å². The van der Waals surface area contributed by atoms with Gasteiger partial charge < -0.3 is 4.74 Å². The van der Waals surface area contributed by atoms with E-state index >= 15 is 0 Å². The highest BCUT2D eigenvalue weighted by atomic mass is 32.2. The molecular weight excluding hydrogens is 314 g/mol. The molecule has 0 aliphatic carbocycles. The lowest BCUT2D eigenvalue weighted by atomic mass is 10.2. The lowest BCUT2D eigenvalue weighted by molar-refractivity contribution is -0.123. The number of carbonyl (C=O) groups excluding carboxylic acids is 1. The Morgan fingerprint density at radius 3 is 2.82 bits per heavy atom. The Hall–Kier alpha value is -1.59. The van der Waals surface area contributed by atoms with Crippen LogP contribution in [-0.2, 0) is 4.79 Å². The molecule has 0 radical (unpaired) electrons. The predicted molar refractivity (Wildman–Crippen MR) is 96.9 cm³/mol. The highest BCUT2D eigenvalue weighted by Crippen LogP contribution is 2.33. The topological polar surface area (TPSA) is 29.5 Å². The summed E-state index contributed by atoms with van der Waals surface area (Å²) in [5.74, 6) is 0.799. The summed E-state index contributed by atoms with van der Waals surface area (Å²) in [5.41, 5.74) is 0.971. The van der Waals surface area contributed by atoms with E-state index < -0.39 is 0 Å². The second-order valence-corrected chi connectivity index (χ2v) is 6.61. The Labute approximate surface area is 141 Å². The minimum absolute atomic E-state index is 0.00553. The third-order valence-electron chi connectivity index (χ3n) is 3.52. The third kappa shape index (κ3) is 3.59. The van der Waals surface area contributed by atoms with Gasteiger partial charge in [-0.3, -0.25) is 9.69 Å². The molecule has 116 valence electrons. The maximum Gasteiger partial charge on any atom is 0.266 e. The second-order valence-electron chi connectivity index (χ2n) is 4.93. The molecule has 0 saturated carbocycles. The largest absolute Gasteiger partial charge is 0.496 e. The number of methoxy groups -OCH3 is 1. The standard InChI is InChI=1S/C17H19NO2S2/c1-4-12(2)18-16(19)15(22-17(18)21)11-7-9-13-8-5-6-10-14(13)20-3/h5-12H,4H2,1-3H3/b9-7+,15-11-. The van der Waals surface area contributed by atoms with E-state index in [2.05, 4.69) is 6.92 Å². The molecule has 1 aliphatic heterocycles. The maximum atomic E-state index is 12.4. The van der Waals surface area contributed by atoms with Crippen LogP contribution in [-0.4, -0.2) is 28.3 Å². The molecule has 1 fully saturated rings. The smallest absolute Gasteiger partial charge is 0.266 e.